The Morgan fingerprint density at radius 1 is 0.390 bits per heavy atom. The molecular formula is C57H40N2. The topological polar surface area (TPSA) is 16.1 Å². The minimum atomic E-state index is 0.898. The number of fused-ring (bicyclic) bond motifs is 7. The zero-order valence-corrected chi connectivity index (χ0v) is 32.6. The zero-order valence-electron chi connectivity index (χ0n) is 32.6. The summed E-state index contributed by atoms with van der Waals surface area (Å²) in [6.45, 7) is 0. The molecule has 2 nitrogen and oxygen atoms in total. The highest BCUT2D eigenvalue weighted by molar-refractivity contribution is 6.33. The summed E-state index contributed by atoms with van der Waals surface area (Å²) in [4.78, 5) is 7.65. The van der Waals surface area contributed by atoms with Gasteiger partial charge in [-0.15, -0.1) is 0 Å². The summed E-state index contributed by atoms with van der Waals surface area (Å²) in [5.74, 6) is 0.898. The SMILES string of the molecule is C1=Cc2nc(N(c3ccc(-c4ccccc4)cc3)c3ccc4c(c3)c3ccccc3c3c(-c5ccccc5)cc(-c5ccccc5)c(-c5ccccc5)c43)ccc2CC1. The van der Waals surface area contributed by atoms with Gasteiger partial charge in [0.1, 0.15) is 5.82 Å². The van der Waals surface area contributed by atoms with Crippen molar-refractivity contribution in [1.29, 1.82) is 0 Å². The highest BCUT2D eigenvalue weighted by Crippen LogP contribution is 2.50. The Balaban J connectivity index is 1.23. The first-order chi connectivity index (χ1) is 29.3. The number of rotatable bonds is 7. The predicted octanol–water partition coefficient (Wildman–Crippen LogP) is 15.6. The van der Waals surface area contributed by atoms with Crippen molar-refractivity contribution in [2.75, 3.05) is 4.90 Å². The molecule has 0 saturated carbocycles. The molecule has 0 aliphatic heterocycles. The third kappa shape index (κ3) is 6.18. The van der Waals surface area contributed by atoms with E-state index in [1.807, 2.05) is 0 Å². The van der Waals surface area contributed by atoms with E-state index in [0.717, 1.165) is 35.7 Å². The van der Waals surface area contributed by atoms with Gasteiger partial charge in [0.05, 0.1) is 5.69 Å². The largest absolute Gasteiger partial charge is 0.295 e. The molecule has 0 spiro atoms. The van der Waals surface area contributed by atoms with E-state index < -0.39 is 0 Å². The van der Waals surface area contributed by atoms with Crippen LogP contribution in [-0.4, -0.2) is 4.98 Å². The van der Waals surface area contributed by atoms with Crippen LogP contribution in [-0.2, 0) is 6.42 Å². The van der Waals surface area contributed by atoms with Crippen molar-refractivity contribution in [3.8, 4) is 44.5 Å². The Labute approximate surface area is 345 Å². The second kappa shape index (κ2) is 14.8. The number of aromatic nitrogens is 1. The van der Waals surface area contributed by atoms with Crippen molar-refractivity contribution in [1.82, 2.24) is 4.98 Å². The molecule has 1 aliphatic carbocycles. The lowest BCUT2D eigenvalue weighted by Crippen LogP contribution is -2.13. The molecule has 0 unspecified atom stereocenters. The molecule has 1 heterocycles. The van der Waals surface area contributed by atoms with Gasteiger partial charge in [0.15, 0.2) is 0 Å². The van der Waals surface area contributed by atoms with Crippen LogP contribution in [0.4, 0.5) is 17.2 Å². The summed E-state index contributed by atoms with van der Waals surface area (Å²) < 4.78 is 0. The van der Waals surface area contributed by atoms with Gasteiger partial charge in [-0.05, 0) is 138 Å². The van der Waals surface area contributed by atoms with E-state index in [0.29, 0.717) is 0 Å². The molecule has 1 aliphatic rings. The first kappa shape index (κ1) is 34.7. The maximum absolute atomic E-state index is 5.32. The van der Waals surface area contributed by atoms with Crippen LogP contribution in [0.2, 0.25) is 0 Å². The van der Waals surface area contributed by atoms with E-state index >= 15 is 0 Å². The van der Waals surface area contributed by atoms with Crippen LogP contribution >= 0.6 is 0 Å². The van der Waals surface area contributed by atoms with Crippen LogP contribution in [0.1, 0.15) is 17.7 Å². The normalized spacial score (nSPS) is 12.2. The fourth-order valence-electron chi connectivity index (χ4n) is 9.13. The second-order valence-corrected chi connectivity index (χ2v) is 15.4. The molecule has 0 amide bonds. The summed E-state index contributed by atoms with van der Waals surface area (Å²) in [5.41, 5.74) is 14.1. The average molecular weight is 753 g/mol. The van der Waals surface area contributed by atoms with Gasteiger partial charge < -0.3 is 0 Å². The predicted molar refractivity (Wildman–Crippen MR) is 251 cm³/mol. The van der Waals surface area contributed by atoms with Gasteiger partial charge in [0, 0.05) is 11.4 Å². The summed E-state index contributed by atoms with van der Waals surface area (Å²) in [6.07, 6.45) is 6.48. The Hall–Kier alpha value is -7.55. The Morgan fingerprint density at radius 3 is 1.64 bits per heavy atom. The third-order valence-corrected chi connectivity index (χ3v) is 11.9. The number of hydrogen-bond donors (Lipinski definition) is 0. The number of hydrogen-bond acceptors (Lipinski definition) is 2. The first-order valence-corrected chi connectivity index (χ1v) is 20.5. The highest BCUT2D eigenvalue weighted by atomic mass is 15.2. The number of pyridine rings is 1. The highest BCUT2D eigenvalue weighted by Gasteiger charge is 2.23. The fraction of sp³-hybridized carbons (Fsp3) is 0.0351. The standard InChI is InChI=1S/C57H40N2/c1-5-17-39(18-6-1)40-29-32-45(33-30-40)59(54-36-31-43-23-13-16-28-53(43)58-54)46-34-35-49-52(37-46)47-26-14-15-27-48(47)56-51(42-21-9-3-10-22-42)38-50(41-19-7-2-8-20-41)55(57(49)56)44-24-11-4-12-25-44/h1-12,14-22,24-38H,13,23H2. The minimum Gasteiger partial charge on any atom is -0.295 e. The summed E-state index contributed by atoms with van der Waals surface area (Å²) in [6, 6.07) is 75.1. The minimum absolute atomic E-state index is 0.898. The molecule has 1 aromatic heterocycles. The van der Waals surface area contributed by atoms with Crippen molar-refractivity contribution in [2.24, 2.45) is 0 Å². The van der Waals surface area contributed by atoms with Crippen molar-refractivity contribution < 1.29 is 0 Å². The Bertz CT molecular complexity index is 3170. The lowest BCUT2D eigenvalue weighted by molar-refractivity contribution is 0.961. The van der Waals surface area contributed by atoms with Crippen molar-refractivity contribution >= 4 is 55.6 Å². The van der Waals surface area contributed by atoms with Gasteiger partial charge in [0.25, 0.3) is 0 Å². The number of nitrogens with zero attached hydrogens (tertiary/aromatic N) is 2. The molecule has 0 atom stereocenters. The molecule has 11 rings (SSSR count). The molecular weight excluding hydrogens is 713 g/mol. The van der Waals surface area contributed by atoms with Gasteiger partial charge in [0.2, 0.25) is 0 Å². The van der Waals surface area contributed by atoms with E-state index in [-0.39, 0.29) is 0 Å². The molecule has 0 bridgehead atoms. The maximum Gasteiger partial charge on any atom is 0.138 e. The van der Waals surface area contributed by atoms with E-state index in [1.54, 1.807) is 0 Å². The van der Waals surface area contributed by atoms with E-state index in [4.69, 9.17) is 4.98 Å². The molecule has 59 heavy (non-hydrogen) atoms. The van der Waals surface area contributed by atoms with Gasteiger partial charge in [-0.1, -0.05) is 176 Å². The van der Waals surface area contributed by atoms with Gasteiger partial charge in [-0.2, -0.15) is 0 Å². The van der Waals surface area contributed by atoms with E-state index in [1.165, 1.54) is 82.4 Å². The number of allylic oxidation sites excluding steroid dienone is 1. The van der Waals surface area contributed by atoms with Crippen LogP contribution < -0.4 is 4.90 Å². The van der Waals surface area contributed by atoms with Gasteiger partial charge >= 0.3 is 0 Å². The fourth-order valence-corrected chi connectivity index (χ4v) is 9.13. The summed E-state index contributed by atoms with van der Waals surface area (Å²) in [7, 11) is 0. The van der Waals surface area contributed by atoms with Crippen molar-refractivity contribution in [3.63, 3.8) is 0 Å². The van der Waals surface area contributed by atoms with Crippen LogP contribution in [0.25, 0.3) is 82.9 Å². The van der Waals surface area contributed by atoms with Crippen LogP contribution in [0.15, 0.2) is 212 Å². The van der Waals surface area contributed by atoms with Gasteiger partial charge in [-0.3, -0.25) is 4.90 Å². The molecule has 0 N–H and O–H groups in total. The number of anilines is 3. The average Bonchev–Trinajstić information content (AvgIpc) is 3.32. The van der Waals surface area contributed by atoms with Crippen LogP contribution in [0, 0.1) is 0 Å². The monoisotopic (exact) mass is 752 g/mol. The Morgan fingerprint density at radius 2 is 0.949 bits per heavy atom. The maximum atomic E-state index is 5.32. The van der Waals surface area contributed by atoms with Gasteiger partial charge in [-0.25, -0.2) is 4.98 Å². The third-order valence-electron chi connectivity index (χ3n) is 11.9. The quantitative estimate of drug-likeness (QED) is 0.151. The molecule has 0 radical (unpaired) electrons. The van der Waals surface area contributed by atoms with Crippen molar-refractivity contribution in [3.05, 3.63) is 224 Å². The smallest absolute Gasteiger partial charge is 0.138 e. The zero-order chi connectivity index (χ0) is 39.1. The summed E-state index contributed by atoms with van der Waals surface area (Å²) in [5, 5.41) is 7.40. The second-order valence-electron chi connectivity index (χ2n) is 15.4. The number of benzene rings is 9. The molecule has 278 valence electrons. The van der Waals surface area contributed by atoms with E-state index in [9.17, 15) is 0 Å². The Kier molecular flexibility index (Phi) is 8.67. The molecule has 0 saturated heterocycles. The lowest BCUT2D eigenvalue weighted by atomic mass is 9.81. The molecule has 9 aromatic carbocycles. The van der Waals surface area contributed by atoms with E-state index in [2.05, 4.69) is 223 Å². The summed E-state index contributed by atoms with van der Waals surface area (Å²) >= 11 is 0. The van der Waals surface area contributed by atoms with Crippen LogP contribution in [0.5, 0.6) is 0 Å². The lowest BCUT2D eigenvalue weighted by Gasteiger charge is -2.27. The van der Waals surface area contributed by atoms with Crippen molar-refractivity contribution in [2.45, 2.75) is 12.8 Å². The number of aryl methyl sites for hydroxylation is 1. The first-order valence-electron chi connectivity index (χ1n) is 20.5. The molecule has 10 aromatic rings. The molecule has 0 fully saturated rings. The van der Waals surface area contributed by atoms with Crippen LogP contribution in [0.3, 0.4) is 0 Å². The molecule has 2 heteroatoms.